The quantitative estimate of drug-likeness (QED) is 0.460. The molecule has 2 aromatic carbocycles. The van der Waals surface area contributed by atoms with Crippen molar-refractivity contribution >= 4 is 11.0 Å². The molecule has 164 valence electrons. The van der Waals surface area contributed by atoms with Crippen LogP contribution in [0.25, 0.3) is 11.0 Å². The molecule has 1 aliphatic heterocycles. The topological polar surface area (TPSA) is 66.9 Å². The summed E-state index contributed by atoms with van der Waals surface area (Å²) in [7, 11) is 0. The van der Waals surface area contributed by atoms with E-state index >= 15 is 0 Å². The van der Waals surface area contributed by atoms with E-state index in [1.807, 2.05) is 6.07 Å². The van der Waals surface area contributed by atoms with E-state index in [-0.39, 0.29) is 6.04 Å². The summed E-state index contributed by atoms with van der Waals surface area (Å²) < 4.78 is 31.9. The zero-order chi connectivity index (χ0) is 21.9. The van der Waals surface area contributed by atoms with Crippen molar-refractivity contribution in [1.82, 2.24) is 25.1 Å². The van der Waals surface area contributed by atoms with Crippen molar-refractivity contribution in [2.45, 2.75) is 31.8 Å². The summed E-state index contributed by atoms with van der Waals surface area (Å²) in [5.41, 5.74) is 4.99. The highest BCUT2D eigenvalue weighted by Crippen LogP contribution is 2.32. The second kappa shape index (κ2) is 9.00. The number of fused-ring (bicyclic) bond motifs is 1. The van der Waals surface area contributed by atoms with E-state index in [4.69, 9.17) is 4.74 Å². The average Bonchev–Trinajstić information content (AvgIpc) is 3.45. The summed E-state index contributed by atoms with van der Waals surface area (Å²) >= 11 is 0. The number of hydrogen-bond donors (Lipinski definition) is 1. The zero-order valence-electron chi connectivity index (χ0n) is 17.5. The molecule has 0 aliphatic carbocycles. The Kier molecular flexibility index (Phi) is 5.77. The van der Waals surface area contributed by atoms with Crippen LogP contribution in [0.15, 0.2) is 54.9 Å². The number of likely N-dealkylation sites (tertiary alicyclic amines) is 1. The van der Waals surface area contributed by atoms with Crippen LogP contribution in [0.2, 0.25) is 0 Å². The van der Waals surface area contributed by atoms with Gasteiger partial charge >= 0.3 is 0 Å². The van der Waals surface area contributed by atoms with Crippen LogP contribution in [0, 0.1) is 11.6 Å². The van der Waals surface area contributed by atoms with Crippen molar-refractivity contribution in [3.05, 3.63) is 83.4 Å². The second-order valence-corrected chi connectivity index (χ2v) is 8.00. The van der Waals surface area contributed by atoms with Crippen molar-refractivity contribution in [3.8, 4) is 5.75 Å². The molecule has 1 fully saturated rings. The van der Waals surface area contributed by atoms with Crippen molar-refractivity contribution < 1.29 is 13.5 Å². The summed E-state index contributed by atoms with van der Waals surface area (Å²) in [4.78, 5) is 11.2. The molecule has 0 amide bonds. The minimum atomic E-state index is -0.911. The van der Waals surface area contributed by atoms with Crippen LogP contribution in [0.4, 0.5) is 8.78 Å². The molecule has 1 atom stereocenters. The maximum atomic E-state index is 13.3. The molecule has 6 nitrogen and oxygen atoms in total. The van der Waals surface area contributed by atoms with Crippen molar-refractivity contribution in [1.29, 1.82) is 0 Å². The number of nitrogens with zero attached hydrogens (tertiary/aromatic N) is 4. The van der Waals surface area contributed by atoms with E-state index in [2.05, 4.69) is 43.3 Å². The Balaban J connectivity index is 1.21. The predicted molar refractivity (Wildman–Crippen MR) is 116 cm³/mol. The lowest BCUT2D eigenvalue weighted by atomic mass is 10.1. The molecule has 0 radical (unpaired) electrons. The fourth-order valence-electron chi connectivity index (χ4n) is 4.22. The number of nitrogens with one attached hydrogen (secondary N) is 1. The first-order valence-corrected chi connectivity index (χ1v) is 10.7. The van der Waals surface area contributed by atoms with E-state index in [1.54, 1.807) is 12.4 Å². The lowest BCUT2D eigenvalue weighted by molar-refractivity contribution is 0.244. The molecule has 32 heavy (non-hydrogen) atoms. The van der Waals surface area contributed by atoms with Crippen LogP contribution in [0.3, 0.4) is 0 Å². The highest BCUT2D eigenvalue weighted by Gasteiger charge is 2.28. The van der Waals surface area contributed by atoms with Crippen molar-refractivity contribution in [3.63, 3.8) is 0 Å². The van der Waals surface area contributed by atoms with Crippen LogP contribution < -0.4 is 4.74 Å². The lowest BCUT2D eigenvalue weighted by Gasteiger charge is -2.23. The summed E-state index contributed by atoms with van der Waals surface area (Å²) in [6.07, 6.45) is 6.20. The molecule has 0 spiro atoms. The zero-order valence-corrected chi connectivity index (χ0v) is 17.5. The van der Waals surface area contributed by atoms with E-state index in [1.165, 1.54) is 11.6 Å². The van der Waals surface area contributed by atoms with Gasteiger partial charge in [0.15, 0.2) is 11.6 Å². The van der Waals surface area contributed by atoms with E-state index in [0.717, 1.165) is 60.5 Å². The predicted octanol–water partition coefficient (Wildman–Crippen LogP) is 4.59. The molecule has 0 saturated carbocycles. The van der Waals surface area contributed by atoms with Gasteiger partial charge in [-0.3, -0.25) is 20.0 Å². The maximum Gasteiger partial charge on any atom is 0.162 e. The van der Waals surface area contributed by atoms with Gasteiger partial charge in [0.05, 0.1) is 29.4 Å². The Morgan fingerprint density at radius 2 is 1.88 bits per heavy atom. The maximum absolute atomic E-state index is 13.3. The summed E-state index contributed by atoms with van der Waals surface area (Å²) in [6.45, 7) is 2.20. The number of aromatic amines is 1. The van der Waals surface area contributed by atoms with Gasteiger partial charge in [0.25, 0.3) is 0 Å². The van der Waals surface area contributed by atoms with Crippen molar-refractivity contribution in [2.24, 2.45) is 0 Å². The monoisotopic (exact) mass is 435 g/mol. The van der Waals surface area contributed by atoms with Gasteiger partial charge in [-0.15, -0.1) is 0 Å². The Hall–Kier alpha value is -3.39. The first-order chi connectivity index (χ1) is 15.7. The minimum absolute atomic E-state index is 0.254. The van der Waals surface area contributed by atoms with Crippen LogP contribution in [-0.2, 0) is 13.0 Å². The van der Waals surface area contributed by atoms with Gasteiger partial charge < -0.3 is 4.74 Å². The fourth-order valence-corrected chi connectivity index (χ4v) is 4.22. The lowest BCUT2D eigenvalue weighted by Crippen LogP contribution is -2.23. The molecule has 0 bridgehead atoms. The van der Waals surface area contributed by atoms with Crippen molar-refractivity contribution in [2.75, 3.05) is 13.2 Å². The first kappa shape index (κ1) is 20.5. The van der Waals surface area contributed by atoms with Gasteiger partial charge in [-0.1, -0.05) is 6.07 Å². The largest absolute Gasteiger partial charge is 0.493 e. The van der Waals surface area contributed by atoms with Crippen LogP contribution in [0.5, 0.6) is 5.75 Å². The van der Waals surface area contributed by atoms with Gasteiger partial charge in [0, 0.05) is 37.1 Å². The number of halogens is 2. The third kappa shape index (κ3) is 4.45. The standard InChI is InChI=1S/C24H23F2N5O/c25-19-5-4-18(14-20(19)26)32-11-7-17-13-23(30-29-17)24-2-1-10-31(24)15-16-3-6-21-22(12-16)28-9-8-27-21/h3-6,8-9,12-14,24H,1-2,7,10-11,15H2,(H,29,30)/t24-/m0/s1. The molecule has 5 rings (SSSR count). The molecule has 1 saturated heterocycles. The number of benzene rings is 2. The molecule has 1 aliphatic rings. The first-order valence-electron chi connectivity index (χ1n) is 10.7. The van der Waals surface area contributed by atoms with Crippen LogP contribution in [0.1, 0.15) is 35.8 Å². The molecule has 2 aromatic heterocycles. The number of ether oxygens (including phenoxy) is 1. The van der Waals surface area contributed by atoms with Gasteiger partial charge in [-0.2, -0.15) is 5.10 Å². The van der Waals surface area contributed by atoms with Gasteiger partial charge in [-0.05, 0) is 55.3 Å². The summed E-state index contributed by atoms with van der Waals surface area (Å²) in [5.74, 6) is -1.48. The van der Waals surface area contributed by atoms with Gasteiger partial charge in [0.2, 0.25) is 0 Å². The Morgan fingerprint density at radius 1 is 1.00 bits per heavy atom. The molecule has 3 heterocycles. The molecule has 0 unspecified atom stereocenters. The Labute approximate surface area is 184 Å². The molecular weight excluding hydrogens is 412 g/mol. The number of hydrogen-bond acceptors (Lipinski definition) is 5. The Morgan fingerprint density at radius 3 is 2.75 bits per heavy atom. The number of rotatable bonds is 7. The Bertz CT molecular complexity index is 1230. The van der Waals surface area contributed by atoms with Crippen LogP contribution in [-0.4, -0.2) is 38.2 Å². The molecule has 1 N–H and O–H groups in total. The molecule has 8 heteroatoms. The smallest absolute Gasteiger partial charge is 0.162 e. The third-order valence-corrected chi connectivity index (χ3v) is 5.81. The van der Waals surface area contributed by atoms with E-state index < -0.39 is 11.6 Å². The fraction of sp³-hybridized carbons (Fsp3) is 0.292. The summed E-state index contributed by atoms with van der Waals surface area (Å²) in [6, 6.07) is 12.1. The van der Waals surface area contributed by atoms with Crippen LogP contribution >= 0.6 is 0 Å². The number of H-pyrrole nitrogens is 1. The SMILES string of the molecule is Fc1ccc(OCCc2cc([C@@H]3CCCN3Cc3ccc4nccnc4c3)n[nH]2)cc1F. The van der Waals surface area contributed by atoms with E-state index in [0.29, 0.717) is 18.8 Å². The highest BCUT2D eigenvalue weighted by molar-refractivity contribution is 5.74. The molecular formula is C24H23F2N5O. The molecule has 4 aromatic rings. The third-order valence-electron chi connectivity index (χ3n) is 5.81. The second-order valence-electron chi connectivity index (χ2n) is 8.00. The minimum Gasteiger partial charge on any atom is -0.493 e. The van der Waals surface area contributed by atoms with Gasteiger partial charge in [-0.25, -0.2) is 8.78 Å². The van der Waals surface area contributed by atoms with E-state index in [9.17, 15) is 8.78 Å². The average molecular weight is 435 g/mol. The van der Waals surface area contributed by atoms with Gasteiger partial charge in [0.1, 0.15) is 5.75 Å². The summed E-state index contributed by atoms with van der Waals surface area (Å²) in [5, 5.41) is 7.63. The normalized spacial score (nSPS) is 16.6. The highest BCUT2D eigenvalue weighted by atomic mass is 19.2. The number of aromatic nitrogens is 4.